The van der Waals surface area contributed by atoms with Crippen LogP contribution >= 0.6 is 11.6 Å². The first-order valence-corrected chi connectivity index (χ1v) is 6.33. The molecular formula is C14H13ClF2N2O. The van der Waals surface area contributed by atoms with Gasteiger partial charge in [0.25, 0.3) is 0 Å². The number of nitrogens with two attached hydrogens (primary N) is 1. The fourth-order valence-corrected chi connectivity index (χ4v) is 1.97. The molecule has 2 aromatic rings. The van der Waals surface area contributed by atoms with Crippen LogP contribution in [0.5, 0.6) is 5.75 Å². The molecule has 0 fully saturated rings. The number of halogens is 3. The molecule has 3 N–H and O–H groups in total. The van der Waals surface area contributed by atoms with Gasteiger partial charge < -0.3 is 15.8 Å². The summed E-state index contributed by atoms with van der Waals surface area (Å²) >= 11 is 5.82. The Bertz CT molecular complexity index is 612. The fraction of sp³-hybridized carbons (Fsp3) is 0.143. The zero-order valence-electron chi connectivity index (χ0n) is 10.7. The van der Waals surface area contributed by atoms with Gasteiger partial charge >= 0.3 is 0 Å². The molecule has 0 heterocycles. The van der Waals surface area contributed by atoms with Crippen LogP contribution < -0.4 is 15.8 Å². The van der Waals surface area contributed by atoms with Crippen LogP contribution in [0.2, 0.25) is 5.02 Å². The molecule has 0 aliphatic rings. The Labute approximate surface area is 120 Å². The molecule has 0 spiro atoms. The SMILES string of the molecule is CCOc1cccc(Nc2c(F)cc(F)cc2Cl)c1N. The number of anilines is 3. The molecule has 0 aliphatic heterocycles. The monoisotopic (exact) mass is 298 g/mol. The number of nitrogen functional groups attached to an aromatic ring is 1. The van der Waals surface area contributed by atoms with Gasteiger partial charge in [0.05, 0.1) is 28.7 Å². The average molecular weight is 299 g/mol. The molecule has 106 valence electrons. The van der Waals surface area contributed by atoms with Gasteiger partial charge in [-0.2, -0.15) is 0 Å². The van der Waals surface area contributed by atoms with Gasteiger partial charge in [-0.15, -0.1) is 0 Å². The summed E-state index contributed by atoms with van der Waals surface area (Å²) < 4.78 is 32.1. The molecule has 6 heteroatoms. The van der Waals surface area contributed by atoms with Gasteiger partial charge in [-0.05, 0) is 25.1 Å². The molecule has 2 aromatic carbocycles. The predicted molar refractivity (Wildman–Crippen MR) is 76.7 cm³/mol. The van der Waals surface area contributed by atoms with E-state index in [1.165, 1.54) is 0 Å². The van der Waals surface area contributed by atoms with Gasteiger partial charge in [0, 0.05) is 6.07 Å². The zero-order chi connectivity index (χ0) is 14.7. The van der Waals surface area contributed by atoms with Crippen molar-refractivity contribution in [3.05, 3.63) is 47.0 Å². The highest BCUT2D eigenvalue weighted by atomic mass is 35.5. The lowest BCUT2D eigenvalue weighted by molar-refractivity contribution is 0.342. The van der Waals surface area contributed by atoms with Crippen molar-refractivity contribution in [2.24, 2.45) is 0 Å². The Morgan fingerprint density at radius 1 is 1.30 bits per heavy atom. The maximum absolute atomic E-state index is 13.7. The highest BCUT2D eigenvalue weighted by Gasteiger charge is 2.13. The molecule has 0 radical (unpaired) electrons. The number of hydrogen-bond donors (Lipinski definition) is 2. The zero-order valence-corrected chi connectivity index (χ0v) is 11.5. The Balaban J connectivity index is 2.38. The number of benzene rings is 2. The average Bonchev–Trinajstić information content (AvgIpc) is 2.38. The molecule has 2 rings (SSSR count). The second-order valence-corrected chi connectivity index (χ2v) is 4.43. The van der Waals surface area contributed by atoms with E-state index in [9.17, 15) is 8.78 Å². The Morgan fingerprint density at radius 3 is 2.70 bits per heavy atom. The summed E-state index contributed by atoms with van der Waals surface area (Å²) in [5.74, 6) is -1.05. The molecule has 0 amide bonds. The standard InChI is InChI=1S/C14H13ClF2N2O/c1-2-20-12-5-3-4-11(13(12)18)19-14-9(15)6-8(16)7-10(14)17/h3-7,19H,2,18H2,1H3. The van der Waals surface area contributed by atoms with Crippen molar-refractivity contribution in [3.63, 3.8) is 0 Å². The summed E-state index contributed by atoms with van der Waals surface area (Å²) in [5.41, 5.74) is 6.65. The van der Waals surface area contributed by atoms with E-state index in [1.807, 2.05) is 6.92 Å². The van der Waals surface area contributed by atoms with Crippen LogP contribution in [0.4, 0.5) is 25.8 Å². The van der Waals surface area contributed by atoms with Gasteiger partial charge in [-0.3, -0.25) is 0 Å². The van der Waals surface area contributed by atoms with E-state index in [-0.39, 0.29) is 10.7 Å². The van der Waals surface area contributed by atoms with Crippen molar-refractivity contribution in [2.45, 2.75) is 6.92 Å². The molecule has 0 aliphatic carbocycles. The number of hydrogen-bond acceptors (Lipinski definition) is 3. The molecule has 0 aromatic heterocycles. The van der Waals surface area contributed by atoms with E-state index in [0.717, 1.165) is 12.1 Å². The third kappa shape index (κ3) is 2.93. The molecule has 0 saturated carbocycles. The van der Waals surface area contributed by atoms with Crippen molar-refractivity contribution in [1.29, 1.82) is 0 Å². The van der Waals surface area contributed by atoms with Crippen LogP contribution in [0.3, 0.4) is 0 Å². The molecule has 0 unspecified atom stereocenters. The molecule has 0 bridgehead atoms. The van der Waals surface area contributed by atoms with Crippen LogP contribution in [0, 0.1) is 11.6 Å². The summed E-state index contributed by atoms with van der Waals surface area (Å²) in [6, 6.07) is 6.83. The minimum absolute atomic E-state index is 0.0339. The van der Waals surface area contributed by atoms with Crippen LogP contribution in [0.1, 0.15) is 6.92 Å². The minimum Gasteiger partial charge on any atom is -0.492 e. The molecule has 0 saturated heterocycles. The van der Waals surface area contributed by atoms with Crippen molar-refractivity contribution >= 4 is 28.7 Å². The molecule has 3 nitrogen and oxygen atoms in total. The molecule has 20 heavy (non-hydrogen) atoms. The Morgan fingerprint density at radius 2 is 2.05 bits per heavy atom. The third-order valence-electron chi connectivity index (χ3n) is 2.63. The molecule has 0 atom stereocenters. The first-order chi connectivity index (χ1) is 9.52. The summed E-state index contributed by atoms with van der Waals surface area (Å²) in [7, 11) is 0. The fourth-order valence-electron chi connectivity index (χ4n) is 1.73. The summed E-state index contributed by atoms with van der Waals surface area (Å²) in [5, 5.41) is 2.69. The van der Waals surface area contributed by atoms with Gasteiger partial charge in [0.2, 0.25) is 0 Å². The lowest BCUT2D eigenvalue weighted by Gasteiger charge is -2.14. The first-order valence-electron chi connectivity index (χ1n) is 5.95. The second-order valence-electron chi connectivity index (χ2n) is 4.02. The number of ether oxygens (including phenoxy) is 1. The van der Waals surface area contributed by atoms with Crippen molar-refractivity contribution in [3.8, 4) is 5.75 Å². The lowest BCUT2D eigenvalue weighted by atomic mass is 10.2. The lowest BCUT2D eigenvalue weighted by Crippen LogP contribution is -2.02. The van der Waals surface area contributed by atoms with E-state index in [1.54, 1.807) is 18.2 Å². The van der Waals surface area contributed by atoms with Gasteiger partial charge in [-0.25, -0.2) is 8.78 Å². The van der Waals surface area contributed by atoms with E-state index < -0.39 is 11.6 Å². The van der Waals surface area contributed by atoms with Crippen molar-refractivity contribution in [2.75, 3.05) is 17.7 Å². The van der Waals surface area contributed by atoms with E-state index in [0.29, 0.717) is 23.7 Å². The normalized spacial score (nSPS) is 10.4. The van der Waals surface area contributed by atoms with Gasteiger partial charge in [0.1, 0.15) is 11.6 Å². The van der Waals surface area contributed by atoms with Crippen molar-refractivity contribution < 1.29 is 13.5 Å². The number of nitrogens with one attached hydrogen (secondary N) is 1. The predicted octanol–water partition coefficient (Wildman–Crippen LogP) is 4.34. The Kier molecular flexibility index (Phi) is 4.29. The van der Waals surface area contributed by atoms with Gasteiger partial charge in [-0.1, -0.05) is 17.7 Å². The molecular weight excluding hydrogens is 286 g/mol. The van der Waals surface area contributed by atoms with E-state index in [4.69, 9.17) is 22.1 Å². The minimum atomic E-state index is -0.795. The second kappa shape index (κ2) is 5.96. The summed E-state index contributed by atoms with van der Waals surface area (Å²) in [6.07, 6.45) is 0. The maximum Gasteiger partial charge on any atom is 0.151 e. The third-order valence-corrected chi connectivity index (χ3v) is 2.93. The Hall–Kier alpha value is -2.01. The largest absolute Gasteiger partial charge is 0.492 e. The van der Waals surface area contributed by atoms with Crippen molar-refractivity contribution in [1.82, 2.24) is 0 Å². The highest BCUT2D eigenvalue weighted by Crippen LogP contribution is 2.35. The first kappa shape index (κ1) is 14.4. The summed E-state index contributed by atoms with van der Waals surface area (Å²) in [4.78, 5) is 0. The van der Waals surface area contributed by atoms with Crippen LogP contribution in [0.25, 0.3) is 0 Å². The number of para-hydroxylation sites is 1. The highest BCUT2D eigenvalue weighted by molar-refractivity contribution is 6.33. The summed E-state index contributed by atoms with van der Waals surface area (Å²) in [6.45, 7) is 2.29. The van der Waals surface area contributed by atoms with E-state index >= 15 is 0 Å². The maximum atomic E-state index is 13.7. The smallest absolute Gasteiger partial charge is 0.151 e. The van der Waals surface area contributed by atoms with Gasteiger partial charge in [0.15, 0.2) is 5.82 Å². The van der Waals surface area contributed by atoms with E-state index in [2.05, 4.69) is 5.32 Å². The number of rotatable bonds is 4. The van der Waals surface area contributed by atoms with Crippen LogP contribution in [-0.2, 0) is 0 Å². The van der Waals surface area contributed by atoms with Crippen LogP contribution in [0.15, 0.2) is 30.3 Å². The quantitative estimate of drug-likeness (QED) is 0.825. The van der Waals surface area contributed by atoms with Crippen LogP contribution in [-0.4, -0.2) is 6.61 Å². The topological polar surface area (TPSA) is 47.3 Å².